The second-order valence-corrected chi connectivity index (χ2v) is 12.5. The van der Waals surface area contributed by atoms with Gasteiger partial charge in [0.15, 0.2) is 5.13 Å². The van der Waals surface area contributed by atoms with E-state index in [1.807, 2.05) is 24.3 Å². The Morgan fingerprint density at radius 2 is 1.74 bits per heavy atom. The minimum absolute atomic E-state index is 0.152. The van der Waals surface area contributed by atoms with Crippen molar-refractivity contribution in [2.45, 2.75) is 11.8 Å². The van der Waals surface area contributed by atoms with Gasteiger partial charge in [0.05, 0.1) is 20.8 Å². The van der Waals surface area contributed by atoms with E-state index in [4.69, 9.17) is 16.6 Å². The zero-order chi connectivity index (χ0) is 27.4. The van der Waals surface area contributed by atoms with Crippen LogP contribution >= 0.6 is 22.9 Å². The lowest BCUT2D eigenvalue weighted by molar-refractivity contribution is 0.0947. The molecule has 1 fully saturated rings. The minimum Gasteiger partial charge on any atom is -0.351 e. The third-order valence-corrected chi connectivity index (χ3v) is 9.96. The van der Waals surface area contributed by atoms with Gasteiger partial charge in [-0.25, -0.2) is 13.4 Å². The number of hydrogen-bond donors (Lipinski definition) is 1. The van der Waals surface area contributed by atoms with Crippen LogP contribution in [-0.4, -0.2) is 70.0 Å². The van der Waals surface area contributed by atoms with E-state index in [0.29, 0.717) is 24.3 Å². The predicted molar refractivity (Wildman–Crippen MR) is 159 cm³/mol. The molecule has 0 atom stereocenters. The first-order valence-corrected chi connectivity index (χ1v) is 15.5. The highest BCUT2D eigenvalue weighted by Gasteiger charge is 2.24. The molecule has 39 heavy (non-hydrogen) atoms. The maximum absolute atomic E-state index is 13.2. The molecule has 2 heterocycles. The van der Waals surface area contributed by atoms with E-state index in [1.165, 1.54) is 16.4 Å². The summed E-state index contributed by atoms with van der Waals surface area (Å²) in [6, 6.07) is 20.9. The zero-order valence-corrected chi connectivity index (χ0v) is 24.0. The van der Waals surface area contributed by atoms with Crippen molar-refractivity contribution in [1.29, 1.82) is 0 Å². The summed E-state index contributed by atoms with van der Waals surface area (Å²) in [5, 5.41) is 4.68. The molecule has 1 N–H and O–H groups in total. The molecule has 4 aromatic rings. The Morgan fingerprint density at radius 3 is 2.44 bits per heavy atom. The van der Waals surface area contributed by atoms with Gasteiger partial charge in [-0.3, -0.25) is 14.0 Å². The van der Waals surface area contributed by atoms with Gasteiger partial charge in [-0.05, 0) is 61.5 Å². The van der Waals surface area contributed by atoms with Gasteiger partial charge in [0.25, 0.3) is 15.9 Å². The molecule has 0 spiro atoms. The highest BCUT2D eigenvalue weighted by atomic mass is 35.5. The standard InChI is InChI=1S/C28H30ClN5O3S2/c1-2-34(23-6-4-3-5-7-23)39(36,37)24-11-8-21(9-12-24)27(35)30-14-15-32-16-18-33(19-17-32)28-31-25-13-10-22(29)20-26(25)38-28/h3-13,20H,2,14-19H2,1H3,(H,30,35). The van der Waals surface area contributed by atoms with Crippen LogP contribution in [-0.2, 0) is 10.0 Å². The van der Waals surface area contributed by atoms with E-state index >= 15 is 0 Å². The van der Waals surface area contributed by atoms with Crippen molar-refractivity contribution in [3.63, 3.8) is 0 Å². The number of nitrogens with zero attached hydrogens (tertiary/aromatic N) is 4. The molecule has 1 amide bonds. The Bertz CT molecular complexity index is 1540. The van der Waals surface area contributed by atoms with Gasteiger partial charge in [0, 0.05) is 56.4 Å². The molecule has 0 unspecified atom stereocenters. The van der Waals surface area contributed by atoms with Crippen LogP contribution in [0.15, 0.2) is 77.7 Å². The summed E-state index contributed by atoms with van der Waals surface area (Å²) in [5.74, 6) is -0.221. The number of carbonyl (C=O) groups excluding carboxylic acids is 1. The van der Waals surface area contributed by atoms with E-state index in [0.717, 1.165) is 53.1 Å². The minimum atomic E-state index is -3.73. The average Bonchev–Trinajstić information content (AvgIpc) is 3.37. The normalized spacial score (nSPS) is 14.5. The molecule has 1 saturated heterocycles. The number of benzene rings is 3. The van der Waals surface area contributed by atoms with Gasteiger partial charge in [-0.2, -0.15) is 0 Å². The summed E-state index contributed by atoms with van der Waals surface area (Å²) in [6.07, 6.45) is 0. The number of piperazine rings is 1. The molecule has 5 rings (SSSR count). The van der Waals surface area contributed by atoms with E-state index in [9.17, 15) is 13.2 Å². The Labute approximate surface area is 237 Å². The van der Waals surface area contributed by atoms with E-state index < -0.39 is 10.0 Å². The Morgan fingerprint density at radius 1 is 1.03 bits per heavy atom. The number of nitrogens with one attached hydrogen (secondary N) is 1. The van der Waals surface area contributed by atoms with Crippen LogP contribution in [0.2, 0.25) is 5.02 Å². The van der Waals surface area contributed by atoms with Crippen LogP contribution in [0.4, 0.5) is 10.8 Å². The summed E-state index contributed by atoms with van der Waals surface area (Å²) in [6.45, 7) is 6.86. The third kappa shape index (κ3) is 6.19. The maximum atomic E-state index is 13.2. The number of rotatable bonds is 9. The molecule has 0 radical (unpaired) electrons. The van der Waals surface area contributed by atoms with Crippen molar-refractivity contribution in [2.24, 2.45) is 0 Å². The maximum Gasteiger partial charge on any atom is 0.264 e. The first-order chi connectivity index (χ1) is 18.8. The first-order valence-electron chi connectivity index (χ1n) is 12.8. The van der Waals surface area contributed by atoms with Crippen molar-refractivity contribution in [3.8, 4) is 0 Å². The number of thiazole rings is 1. The van der Waals surface area contributed by atoms with Crippen molar-refractivity contribution in [1.82, 2.24) is 15.2 Å². The summed E-state index contributed by atoms with van der Waals surface area (Å²) in [4.78, 5) is 22.2. The Hall–Kier alpha value is -3.18. The molecule has 0 aliphatic carbocycles. The molecule has 3 aromatic carbocycles. The van der Waals surface area contributed by atoms with Crippen molar-refractivity contribution < 1.29 is 13.2 Å². The van der Waals surface area contributed by atoms with Gasteiger partial charge in [0.2, 0.25) is 0 Å². The fraction of sp³-hybridized carbons (Fsp3) is 0.286. The van der Waals surface area contributed by atoms with Crippen molar-refractivity contribution in [2.75, 3.05) is 55.0 Å². The number of sulfonamides is 1. The molecular formula is C28H30ClN5O3S2. The van der Waals surface area contributed by atoms with E-state index in [-0.39, 0.29) is 10.8 Å². The van der Waals surface area contributed by atoms with Crippen LogP contribution in [0.5, 0.6) is 0 Å². The molecule has 8 nitrogen and oxygen atoms in total. The summed E-state index contributed by atoms with van der Waals surface area (Å²) in [7, 11) is -3.73. The molecule has 204 valence electrons. The highest BCUT2D eigenvalue weighted by Crippen LogP contribution is 2.31. The number of fused-ring (bicyclic) bond motifs is 1. The monoisotopic (exact) mass is 583 g/mol. The SMILES string of the molecule is CCN(c1ccccc1)S(=O)(=O)c1ccc(C(=O)NCCN2CCN(c3nc4ccc(Cl)cc4s3)CC2)cc1. The second-order valence-electron chi connectivity index (χ2n) is 9.22. The zero-order valence-electron chi connectivity index (χ0n) is 21.6. The lowest BCUT2D eigenvalue weighted by Gasteiger charge is -2.34. The molecule has 1 aliphatic heterocycles. The lowest BCUT2D eigenvalue weighted by atomic mass is 10.2. The fourth-order valence-corrected chi connectivity index (χ4v) is 7.37. The van der Waals surface area contributed by atoms with Crippen LogP contribution in [0.3, 0.4) is 0 Å². The van der Waals surface area contributed by atoms with Gasteiger partial charge in [-0.15, -0.1) is 0 Å². The molecule has 1 aromatic heterocycles. The molecule has 0 bridgehead atoms. The first kappa shape index (κ1) is 27.4. The van der Waals surface area contributed by atoms with Crippen LogP contribution in [0, 0.1) is 0 Å². The van der Waals surface area contributed by atoms with Crippen LogP contribution in [0.1, 0.15) is 17.3 Å². The molecule has 11 heteroatoms. The molecule has 1 aliphatic rings. The topological polar surface area (TPSA) is 85.8 Å². The lowest BCUT2D eigenvalue weighted by Crippen LogP contribution is -2.48. The van der Waals surface area contributed by atoms with Crippen molar-refractivity contribution in [3.05, 3.63) is 83.4 Å². The average molecular weight is 584 g/mol. The highest BCUT2D eigenvalue weighted by molar-refractivity contribution is 7.92. The Balaban J connectivity index is 1.11. The van der Waals surface area contributed by atoms with E-state index in [2.05, 4.69) is 15.1 Å². The van der Waals surface area contributed by atoms with Crippen LogP contribution < -0.4 is 14.5 Å². The summed E-state index contributed by atoms with van der Waals surface area (Å²) < 4.78 is 28.8. The van der Waals surface area contributed by atoms with Gasteiger partial charge in [-0.1, -0.05) is 41.1 Å². The number of anilines is 2. The number of para-hydroxylation sites is 1. The Kier molecular flexibility index (Phi) is 8.37. The number of halogens is 1. The number of amides is 1. The largest absolute Gasteiger partial charge is 0.351 e. The molecule has 0 saturated carbocycles. The quantitative estimate of drug-likeness (QED) is 0.307. The smallest absolute Gasteiger partial charge is 0.264 e. The summed E-state index contributed by atoms with van der Waals surface area (Å²) >= 11 is 7.77. The van der Waals surface area contributed by atoms with Crippen molar-refractivity contribution >= 4 is 59.9 Å². The fourth-order valence-electron chi connectivity index (χ4n) is 4.61. The third-order valence-electron chi connectivity index (χ3n) is 6.73. The van der Waals surface area contributed by atoms with Gasteiger partial charge >= 0.3 is 0 Å². The second kappa shape index (κ2) is 11.9. The van der Waals surface area contributed by atoms with Gasteiger partial charge < -0.3 is 10.2 Å². The number of aromatic nitrogens is 1. The predicted octanol–water partition coefficient (Wildman–Crippen LogP) is 4.72. The van der Waals surface area contributed by atoms with E-state index in [1.54, 1.807) is 54.7 Å². The number of carbonyl (C=O) groups is 1. The van der Waals surface area contributed by atoms with Crippen LogP contribution in [0.25, 0.3) is 10.2 Å². The summed E-state index contributed by atoms with van der Waals surface area (Å²) in [5.41, 5.74) is 2.00. The van der Waals surface area contributed by atoms with Gasteiger partial charge in [0.1, 0.15) is 0 Å². The molecular weight excluding hydrogens is 554 g/mol. The number of hydrogen-bond acceptors (Lipinski definition) is 7.